The van der Waals surface area contributed by atoms with Crippen molar-refractivity contribution in [2.45, 2.75) is 84.4 Å². The predicted molar refractivity (Wildman–Crippen MR) is 192 cm³/mol. The van der Waals surface area contributed by atoms with E-state index in [2.05, 4.69) is 54.4 Å². The Labute approximate surface area is 296 Å². The molecule has 1 aliphatic rings. The zero-order chi connectivity index (χ0) is 35.1. The summed E-state index contributed by atoms with van der Waals surface area (Å²) in [6, 6.07) is 15.3. The third-order valence-corrected chi connectivity index (χ3v) is 12.1. The second kappa shape index (κ2) is 13.7. The van der Waals surface area contributed by atoms with Crippen LogP contribution in [0.25, 0.3) is 11.0 Å². The number of nitrogens with zero attached hydrogens (tertiary/aromatic N) is 6. The van der Waals surface area contributed by atoms with Gasteiger partial charge in [-0.2, -0.15) is 4.31 Å². The number of ketones is 1. The molecule has 0 spiro atoms. The number of Topliss-reactive ketones (excluding diaryl/α,β-unsaturated/α-hetero) is 1. The summed E-state index contributed by atoms with van der Waals surface area (Å²) in [5, 5.41) is 8.87. The Morgan fingerprint density at radius 2 is 1.82 bits per heavy atom. The maximum absolute atomic E-state index is 14.3. The first-order valence-corrected chi connectivity index (χ1v) is 18.7. The number of carbonyl (C=O) groups is 1. The Morgan fingerprint density at radius 3 is 2.53 bits per heavy atom. The molecule has 0 aliphatic carbocycles. The molecular weight excluding hydrogens is 704 g/mol. The van der Waals surface area contributed by atoms with Crippen LogP contribution in [0.4, 0.5) is 0 Å². The van der Waals surface area contributed by atoms with Crippen LogP contribution in [0.3, 0.4) is 0 Å². The summed E-state index contributed by atoms with van der Waals surface area (Å²) >= 11 is 3.45. The highest BCUT2D eigenvalue weighted by atomic mass is 79.9. The largest absolute Gasteiger partial charge is 0.488 e. The smallest absolute Gasteiger partial charge is 0.247 e. The molecule has 0 saturated heterocycles. The van der Waals surface area contributed by atoms with Gasteiger partial charge in [-0.1, -0.05) is 66.2 Å². The number of ether oxygens (including phenoxy) is 1. The first kappa shape index (κ1) is 34.8. The SMILES string of the molecule is CC[C@@H]1CN(Cc2cc([C@@H](c3ccc4c(nnn4CC)c3C)C(C)(C)C(=O)Cc3cncnc3)ccc2C)S(=O)(=O)c2ccc(Br)cc2O1. The molecule has 2 atom stereocenters. The molecule has 0 amide bonds. The number of hydrogen-bond donors (Lipinski definition) is 0. The fourth-order valence-electron chi connectivity index (χ4n) is 6.77. The summed E-state index contributed by atoms with van der Waals surface area (Å²) < 4.78 is 38.6. The maximum Gasteiger partial charge on any atom is 0.247 e. The van der Waals surface area contributed by atoms with E-state index in [9.17, 15) is 13.2 Å². The minimum Gasteiger partial charge on any atom is -0.488 e. The van der Waals surface area contributed by atoms with Crippen molar-refractivity contribution in [1.29, 1.82) is 0 Å². The van der Waals surface area contributed by atoms with E-state index in [1.807, 2.05) is 58.4 Å². The van der Waals surface area contributed by atoms with Crippen LogP contribution in [0.5, 0.6) is 5.75 Å². The fourth-order valence-corrected chi connectivity index (χ4v) is 8.66. The minimum atomic E-state index is -3.88. The van der Waals surface area contributed by atoms with Gasteiger partial charge in [0, 0.05) is 47.7 Å². The molecule has 49 heavy (non-hydrogen) atoms. The quantitative estimate of drug-likeness (QED) is 0.151. The average Bonchev–Trinajstić information content (AvgIpc) is 3.46. The van der Waals surface area contributed by atoms with Crippen LogP contribution in [-0.4, -0.2) is 56.1 Å². The lowest BCUT2D eigenvalue weighted by Gasteiger charge is -2.35. The standard InChI is InChI=1S/C37H41BrN6O4S/c1-7-29-21-43(49(46,47)33-14-11-28(38)17-32(33)48-29)20-27-16-26(10-9-23(27)3)35(37(5,6)34(45)15-25-18-39-22-40-19-25)30-12-13-31-36(24(30)4)41-42-44(31)8-2/h9-14,16-19,22,29,35H,7-8,15,20-21H2,1-6H3/t29-,35+/m1/s1. The zero-order valence-electron chi connectivity index (χ0n) is 28.6. The third kappa shape index (κ3) is 6.65. The van der Waals surface area contributed by atoms with Crippen LogP contribution >= 0.6 is 15.9 Å². The Bertz CT molecular complexity index is 2130. The number of carbonyl (C=O) groups excluding carboxylic acids is 1. The molecule has 10 nitrogen and oxygen atoms in total. The minimum absolute atomic E-state index is 0.0342. The van der Waals surface area contributed by atoms with Gasteiger partial charge < -0.3 is 4.74 Å². The molecule has 6 rings (SSSR count). The number of hydrogen-bond acceptors (Lipinski definition) is 8. The van der Waals surface area contributed by atoms with Gasteiger partial charge in [-0.25, -0.2) is 23.1 Å². The number of halogens is 1. The lowest BCUT2D eigenvalue weighted by Crippen LogP contribution is -2.37. The number of benzene rings is 3. The number of fused-ring (bicyclic) bond motifs is 2. The van der Waals surface area contributed by atoms with Crippen molar-refractivity contribution in [3.05, 3.63) is 105 Å². The topological polar surface area (TPSA) is 120 Å². The summed E-state index contributed by atoms with van der Waals surface area (Å²) in [7, 11) is -3.88. The Hall–Kier alpha value is -4.00. The number of rotatable bonds is 10. The molecule has 5 aromatic rings. The first-order chi connectivity index (χ1) is 23.3. The van der Waals surface area contributed by atoms with Crippen molar-refractivity contribution in [3.63, 3.8) is 0 Å². The normalized spacial score (nSPS) is 16.9. The van der Waals surface area contributed by atoms with Crippen molar-refractivity contribution < 1.29 is 17.9 Å². The van der Waals surface area contributed by atoms with Crippen LogP contribution in [0.1, 0.15) is 73.4 Å². The molecule has 0 unspecified atom stereocenters. The molecule has 2 aromatic heterocycles. The number of aryl methyl sites for hydroxylation is 3. The molecule has 0 radical (unpaired) electrons. The predicted octanol–water partition coefficient (Wildman–Crippen LogP) is 6.95. The average molecular weight is 746 g/mol. The zero-order valence-corrected chi connectivity index (χ0v) is 31.0. The molecule has 0 N–H and O–H groups in total. The van der Waals surface area contributed by atoms with Gasteiger partial charge in [0.25, 0.3) is 0 Å². The van der Waals surface area contributed by atoms with Crippen LogP contribution in [0, 0.1) is 19.3 Å². The van der Waals surface area contributed by atoms with Gasteiger partial charge in [0.15, 0.2) is 0 Å². The highest BCUT2D eigenvalue weighted by Gasteiger charge is 2.40. The third-order valence-electron chi connectivity index (χ3n) is 9.75. The van der Waals surface area contributed by atoms with E-state index in [0.717, 1.165) is 48.9 Å². The summed E-state index contributed by atoms with van der Waals surface area (Å²) in [6.45, 7) is 13.1. The summed E-state index contributed by atoms with van der Waals surface area (Å²) in [5.41, 5.74) is 6.23. The second-order valence-corrected chi connectivity index (χ2v) is 16.1. The van der Waals surface area contributed by atoms with E-state index in [0.29, 0.717) is 18.7 Å². The van der Waals surface area contributed by atoms with Crippen LogP contribution in [0.15, 0.2) is 76.6 Å². The molecular formula is C37H41BrN6O4S. The van der Waals surface area contributed by atoms with Gasteiger partial charge in [0.2, 0.25) is 10.0 Å². The van der Waals surface area contributed by atoms with Gasteiger partial charge in [-0.15, -0.1) is 5.10 Å². The fraction of sp³-hybridized carbons (Fsp3) is 0.378. The highest BCUT2D eigenvalue weighted by Crippen LogP contribution is 2.45. The lowest BCUT2D eigenvalue weighted by molar-refractivity contribution is -0.127. The number of aromatic nitrogens is 5. The van der Waals surface area contributed by atoms with E-state index in [-0.39, 0.29) is 42.2 Å². The molecule has 0 bridgehead atoms. The van der Waals surface area contributed by atoms with Gasteiger partial charge in [-0.3, -0.25) is 4.79 Å². The lowest BCUT2D eigenvalue weighted by atomic mass is 9.66. The molecule has 1 aliphatic heterocycles. The molecule has 0 fully saturated rings. The summed E-state index contributed by atoms with van der Waals surface area (Å²) in [6.07, 6.45) is 5.31. The van der Waals surface area contributed by atoms with Crippen molar-refractivity contribution in [2.75, 3.05) is 6.54 Å². The summed E-state index contributed by atoms with van der Waals surface area (Å²) in [5.74, 6) is 0.00171. The van der Waals surface area contributed by atoms with Gasteiger partial charge in [0.05, 0.1) is 12.1 Å². The van der Waals surface area contributed by atoms with Crippen molar-refractivity contribution in [3.8, 4) is 5.75 Å². The number of sulfonamides is 1. The van der Waals surface area contributed by atoms with Crippen LogP contribution < -0.4 is 4.74 Å². The van der Waals surface area contributed by atoms with Crippen molar-refractivity contribution in [1.82, 2.24) is 29.3 Å². The van der Waals surface area contributed by atoms with Gasteiger partial charge >= 0.3 is 0 Å². The second-order valence-electron chi connectivity index (χ2n) is 13.3. The Kier molecular flexibility index (Phi) is 9.76. The van der Waals surface area contributed by atoms with Crippen molar-refractivity contribution in [2.24, 2.45) is 5.41 Å². The summed E-state index contributed by atoms with van der Waals surface area (Å²) in [4.78, 5) is 22.6. The van der Waals surface area contributed by atoms with Crippen LogP contribution in [0.2, 0.25) is 0 Å². The van der Waals surface area contributed by atoms with E-state index in [1.165, 1.54) is 10.6 Å². The molecule has 256 valence electrons. The Balaban J connectivity index is 1.46. The van der Waals surface area contributed by atoms with Crippen LogP contribution in [-0.2, 0) is 34.3 Å². The van der Waals surface area contributed by atoms with E-state index in [4.69, 9.17) is 4.74 Å². The maximum atomic E-state index is 14.3. The molecule has 3 aromatic carbocycles. The van der Waals surface area contributed by atoms with Gasteiger partial charge in [-0.05, 0) is 84.8 Å². The molecule has 3 heterocycles. The highest BCUT2D eigenvalue weighted by molar-refractivity contribution is 9.10. The van der Waals surface area contributed by atoms with E-state index < -0.39 is 15.4 Å². The van der Waals surface area contributed by atoms with Gasteiger partial charge in [0.1, 0.15) is 34.4 Å². The van der Waals surface area contributed by atoms with Crippen molar-refractivity contribution >= 4 is 42.8 Å². The Morgan fingerprint density at radius 1 is 1.06 bits per heavy atom. The molecule has 12 heteroatoms. The first-order valence-electron chi connectivity index (χ1n) is 16.5. The van der Waals surface area contributed by atoms with E-state index in [1.54, 1.807) is 30.6 Å². The van der Waals surface area contributed by atoms with E-state index >= 15 is 0 Å². The monoisotopic (exact) mass is 744 g/mol. The molecule has 0 saturated carbocycles.